The van der Waals surface area contributed by atoms with E-state index in [1.807, 2.05) is 0 Å². The molecule has 0 unspecified atom stereocenters. The first-order chi connectivity index (χ1) is 10.4. The van der Waals surface area contributed by atoms with E-state index in [9.17, 15) is 0 Å². The van der Waals surface area contributed by atoms with Gasteiger partial charge in [0.05, 0.1) is 0 Å². The van der Waals surface area contributed by atoms with E-state index in [4.69, 9.17) is 0 Å². The number of aromatic nitrogens is 1. The highest BCUT2D eigenvalue weighted by Crippen LogP contribution is 2.26. The van der Waals surface area contributed by atoms with Gasteiger partial charge in [0, 0.05) is 24.3 Å². The highest BCUT2D eigenvalue weighted by atomic mass is 15.0. The first-order valence-corrected chi connectivity index (χ1v) is 8.64. The number of hydrogen-bond donors (Lipinski definition) is 1. The van der Waals surface area contributed by atoms with Crippen LogP contribution in [-0.2, 0) is 6.54 Å². The monoisotopic (exact) mass is 284 g/mol. The number of nitrogens with zero attached hydrogens (tertiary/aromatic N) is 1. The normalized spacial score (nSPS) is 22.7. The summed E-state index contributed by atoms with van der Waals surface area (Å²) in [5, 5.41) is 5.11. The Bertz CT molecular complexity index is 549. The first kappa shape index (κ1) is 14.6. The predicted molar refractivity (Wildman–Crippen MR) is 90.6 cm³/mol. The molecule has 0 bridgehead atoms. The van der Waals surface area contributed by atoms with Gasteiger partial charge in [0.2, 0.25) is 0 Å². The van der Waals surface area contributed by atoms with E-state index in [0.29, 0.717) is 0 Å². The molecule has 1 fully saturated rings. The minimum Gasteiger partial charge on any atom is -0.347 e. The zero-order valence-corrected chi connectivity index (χ0v) is 13.2. The summed E-state index contributed by atoms with van der Waals surface area (Å²) in [4.78, 5) is 0. The lowest BCUT2D eigenvalue weighted by atomic mass is 9.84. The first-order valence-electron chi connectivity index (χ1n) is 8.64. The fraction of sp³-hybridized carbons (Fsp3) is 0.579. The van der Waals surface area contributed by atoms with E-state index in [0.717, 1.165) is 25.0 Å². The van der Waals surface area contributed by atoms with E-state index in [-0.39, 0.29) is 0 Å². The van der Waals surface area contributed by atoms with Crippen LogP contribution < -0.4 is 5.32 Å². The molecule has 3 rings (SSSR count). The smallest absolute Gasteiger partial charge is 0.0480 e. The van der Waals surface area contributed by atoms with Gasteiger partial charge in [0.15, 0.2) is 0 Å². The van der Waals surface area contributed by atoms with Crippen molar-refractivity contribution in [1.82, 2.24) is 9.88 Å². The Hall–Kier alpha value is -1.28. The largest absolute Gasteiger partial charge is 0.347 e. The molecule has 1 aliphatic rings. The third-order valence-corrected chi connectivity index (χ3v) is 5.11. The third kappa shape index (κ3) is 3.68. The fourth-order valence-electron chi connectivity index (χ4n) is 3.67. The second kappa shape index (κ2) is 7.13. The summed E-state index contributed by atoms with van der Waals surface area (Å²) in [7, 11) is 0. The molecule has 1 heterocycles. The molecule has 1 N–H and O–H groups in total. The minimum atomic E-state index is 0.772. The molecule has 2 heteroatoms. The highest BCUT2D eigenvalue weighted by molar-refractivity contribution is 5.79. The summed E-state index contributed by atoms with van der Waals surface area (Å²) in [5.74, 6) is 0.995. The van der Waals surface area contributed by atoms with Crippen molar-refractivity contribution in [2.24, 2.45) is 5.92 Å². The Morgan fingerprint density at radius 2 is 1.90 bits per heavy atom. The van der Waals surface area contributed by atoms with Gasteiger partial charge in [-0.1, -0.05) is 31.5 Å². The maximum atomic E-state index is 3.76. The number of hydrogen-bond acceptors (Lipinski definition) is 1. The van der Waals surface area contributed by atoms with Crippen molar-refractivity contribution in [2.75, 3.05) is 6.54 Å². The number of fused-ring (bicyclic) bond motifs is 1. The molecule has 0 radical (unpaired) electrons. The molecule has 0 spiro atoms. The van der Waals surface area contributed by atoms with E-state index in [2.05, 4.69) is 53.3 Å². The van der Waals surface area contributed by atoms with Crippen molar-refractivity contribution in [3.63, 3.8) is 0 Å². The van der Waals surface area contributed by atoms with Crippen molar-refractivity contribution < 1.29 is 0 Å². The van der Waals surface area contributed by atoms with Crippen molar-refractivity contribution in [2.45, 2.75) is 58.0 Å². The maximum Gasteiger partial charge on any atom is 0.0480 e. The van der Waals surface area contributed by atoms with Crippen LogP contribution in [0.3, 0.4) is 0 Å². The average molecular weight is 284 g/mol. The van der Waals surface area contributed by atoms with Crippen LogP contribution in [0.5, 0.6) is 0 Å². The van der Waals surface area contributed by atoms with E-state index < -0.39 is 0 Å². The molecule has 114 valence electrons. The quantitative estimate of drug-likeness (QED) is 0.768. The molecule has 21 heavy (non-hydrogen) atoms. The van der Waals surface area contributed by atoms with Crippen molar-refractivity contribution in [3.05, 3.63) is 36.5 Å². The Kier molecular flexibility index (Phi) is 4.97. The second-order valence-electron chi connectivity index (χ2n) is 6.50. The van der Waals surface area contributed by atoms with Gasteiger partial charge >= 0.3 is 0 Å². The highest BCUT2D eigenvalue weighted by Gasteiger charge is 2.18. The Balaban J connectivity index is 1.41. The standard InChI is InChI=1S/C19H28N2/c1-2-16-8-10-18(11-9-16)20-13-5-14-21-15-12-17-6-3-4-7-19(17)21/h3-4,6-7,12,15-16,18,20H,2,5,8-11,13-14H2,1H3. The van der Waals surface area contributed by atoms with Crippen LogP contribution in [-0.4, -0.2) is 17.2 Å². The van der Waals surface area contributed by atoms with Crippen molar-refractivity contribution >= 4 is 10.9 Å². The van der Waals surface area contributed by atoms with E-state index >= 15 is 0 Å². The van der Waals surface area contributed by atoms with Crippen LogP contribution in [0.1, 0.15) is 45.4 Å². The molecule has 0 amide bonds. The molecule has 2 nitrogen and oxygen atoms in total. The second-order valence-corrected chi connectivity index (χ2v) is 6.50. The summed E-state index contributed by atoms with van der Waals surface area (Å²) in [6, 6.07) is 11.6. The number of rotatable bonds is 6. The molecule has 0 atom stereocenters. The summed E-state index contributed by atoms with van der Waals surface area (Å²) in [6.45, 7) is 4.60. The summed E-state index contributed by atoms with van der Waals surface area (Å²) in [5.41, 5.74) is 1.36. The lowest BCUT2D eigenvalue weighted by Crippen LogP contribution is -2.34. The number of benzene rings is 1. The van der Waals surface area contributed by atoms with Gasteiger partial charge in [0.25, 0.3) is 0 Å². The van der Waals surface area contributed by atoms with Gasteiger partial charge in [0.1, 0.15) is 0 Å². The summed E-state index contributed by atoms with van der Waals surface area (Å²) in [6.07, 6.45) is 10.4. The number of nitrogens with one attached hydrogen (secondary N) is 1. The molecule has 1 aromatic heterocycles. The topological polar surface area (TPSA) is 17.0 Å². The Morgan fingerprint density at radius 1 is 1.10 bits per heavy atom. The van der Waals surface area contributed by atoms with Gasteiger partial charge in [-0.3, -0.25) is 0 Å². The van der Waals surface area contributed by atoms with Crippen LogP contribution in [0.2, 0.25) is 0 Å². The zero-order chi connectivity index (χ0) is 14.5. The lowest BCUT2D eigenvalue weighted by Gasteiger charge is -2.28. The van der Waals surface area contributed by atoms with Gasteiger partial charge in [-0.05, 0) is 62.1 Å². The van der Waals surface area contributed by atoms with Gasteiger partial charge in [-0.2, -0.15) is 0 Å². The number of aryl methyl sites for hydroxylation is 1. The van der Waals surface area contributed by atoms with Crippen molar-refractivity contribution in [1.29, 1.82) is 0 Å². The zero-order valence-electron chi connectivity index (χ0n) is 13.2. The third-order valence-electron chi connectivity index (χ3n) is 5.11. The summed E-state index contributed by atoms with van der Waals surface area (Å²) < 4.78 is 2.38. The van der Waals surface area contributed by atoms with Gasteiger partial charge < -0.3 is 9.88 Å². The van der Waals surface area contributed by atoms with Crippen molar-refractivity contribution in [3.8, 4) is 0 Å². The molecule has 1 aliphatic carbocycles. The van der Waals surface area contributed by atoms with E-state index in [1.54, 1.807) is 0 Å². The van der Waals surface area contributed by atoms with Crippen LogP contribution >= 0.6 is 0 Å². The van der Waals surface area contributed by atoms with E-state index in [1.165, 1.54) is 49.4 Å². The minimum absolute atomic E-state index is 0.772. The molecule has 1 saturated carbocycles. The van der Waals surface area contributed by atoms with Crippen LogP contribution in [0.15, 0.2) is 36.5 Å². The van der Waals surface area contributed by atoms with Gasteiger partial charge in [-0.25, -0.2) is 0 Å². The molecule has 1 aromatic carbocycles. The molecule has 2 aromatic rings. The molecular formula is C19H28N2. The van der Waals surface area contributed by atoms with Gasteiger partial charge in [-0.15, -0.1) is 0 Å². The maximum absolute atomic E-state index is 3.76. The Labute approximate surface area is 128 Å². The van der Waals surface area contributed by atoms with Crippen LogP contribution in [0.4, 0.5) is 0 Å². The number of para-hydroxylation sites is 1. The summed E-state index contributed by atoms with van der Waals surface area (Å²) >= 11 is 0. The lowest BCUT2D eigenvalue weighted by molar-refractivity contribution is 0.285. The predicted octanol–water partition coefficient (Wildman–Crippen LogP) is 4.59. The SMILES string of the molecule is CCC1CCC(NCCCn2ccc3ccccc32)CC1. The van der Waals surface area contributed by atoms with Crippen LogP contribution in [0, 0.1) is 5.92 Å². The Morgan fingerprint density at radius 3 is 2.71 bits per heavy atom. The molecular weight excluding hydrogens is 256 g/mol. The fourth-order valence-corrected chi connectivity index (χ4v) is 3.67. The average Bonchev–Trinajstić information content (AvgIpc) is 2.95. The van der Waals surface area contributed by atoms with Crippen LogP contribution in [0.25, 0.3) is 10.9 Å². The molecule has 0 aliphatic heterocycles. The molecule has 0 saturated heterocycles.